The number of nitrogen functional groups attached to an aromatic ring is 1. The molecule has 0 amide bonds. The minimum Gasteiger partial charge on any atom is -0.397 e. The molecule has 102 valence electrons. The van der Waals surface area contributed by atoms with Gasteiger partial charge < -0.3 is 10.8 Å². The highest BCUT2D eigenvalue weighted by Crippen LogP contribution is 2.22. The van der Waals surface area contributed by atoms with Crippen LogP contribution in [0.15, 0.2) is 23.1 Å². The summed E-state index contributed by atoms with van der Waals surface area (Å²) in [5.74, 6) is 0. The van der Waals surface area contributed by atoms with E-state index in [-0.39, 0.29) is 17.1 Å². The molecule has 1 atom stereocenters. The van der Waals surface area contributed by atoms with Crippen molar-refractivity contribution < 1.29 is 13.5 Å². The van der Waals surface area contributed by atoms with Crippen LogP contribution in [0, 0.1) is 0 Å². The second-order valence-corrected chi connectivity index (χ2v) is 6.25. The first-order chi connectivity index (χ1) is 8.33. The number of hydrogen-bond acceptors (Lipinski definition) is 4. The molecule has 7 heteroatoms. The molecule has 18 heavy (non-hydrogen) atoms. The molecule has 0 saturated heterocycles. The monoisotopic (exact) mass is 292 g/mol. The summed E-state index contributed by atoms with van der Waals surface area (Å²) in [6.45, 7) is 1.93. The molecule has 0 aliphatic heterocycles. The van der Waals surface area contributed by atoms with Crippen molar-refractivity contribution in [1.29, 1.82) is 0 Å². The number of nitrogens with two attached hydrogens (primary N) is 1. The summed E-state index contributed by atoms with van der Waals surface area (Å²) in [7, 11) is -3.57. The van der Waals surface area contributed by atoms with Crippen LogP contribution in [-0.2, 0) is 10.0 Å². The van der Waals surface area contributed by atoms with E-state index in [2.05, 4.69) is 4.72 Å². The van der Waals surface area contributed by atoms with Crippen LogP contribution < -0.4 is 10.5 Å². The Morgan fingerprint density at radius 2 is 2.17 bits per heavy atom. The van der Waals surface area contributed by atoms with Crippen molar-refractivity contribution in [2.24, 2.45) is 0 Å². The molecule has 1 aromatic carbocycles. The van der Waals surface area contributed by atoms with Crippen LogP contribution in [-0.4, -0.2) is 26.2 Å². The second kappa shape index (κ2) is 6.38. The first-order valence-corrected chi connectivity index (χ1v) is 7.42. The van der Waals surface area contributed by atoms with E-state index in [1.807, 2.05) is 0 Å². The summed E-state index contributed by atoms with van der Waals surface area (Å²) in [6, 6.07) is 4.16. The highest BCUT2D eigenvalue weighted by Gasteiger charge is 2.14. The van der Waals surface area contributed by atoms with Crippen molar-refractivity contribution in [3.8, 4) is 0 Å². The predicted octanol–water partition coefficient (Wildman–Crippen LogP) is 1.36. The van der Waals surface area contributed by atoms with E-state index < -0.39 is 16.1 Å². The molecule has 0 bridgehead atoms. The maximum atomic E-state index is 11.9. The van der Waals surface area contributed by atoms with E-state index in [9.17, 15) is 8.42 Å². The first kappa shape index (κ1) is 15.2. The smallest absolute Gasteiger partial charge is 0.240 e. The Morgan fingerprint density at radius 1 is 1.50 bits per heavy atom. The third-order valence-corrected chi connectivity index (χ3v) is 4.17. The van der Waals surface area contributed by atoms with Gasteiger partial charge in [-0.15, -0.1) is 0 Å². The molecule has 5 nitrogen and oxygen atoms in total. The molecule has 1 unspecified atom stereocenters. The molecule has 0 fully saturated rings. The molecule has 1 aromatic rings. The van der Waals surface area contributed by atoms with Gasteiger partial charge in [0.2, 0.25) is 10.0 Å². The van der Waals surface area contributed by atoms with Crippen molar-refractivity contribution in [1.82, 2.24) is 4.72 Å². The topological polar surface area (TPSA) is 92.4 Å². The van der Waals surface area contributed by atoms with Crippen LogP contribution in [0.4, 0.5) is 5.69 Å². The van der Waals surface area contributed by atoms with Gasteiger partial charge in [0.25, 0.3) is 0 Å². The molecular formula is C11H17ClN2O3S. The van der Waals surface area contributed by atoms with Gasteiger partial charge in [0.15, 0.2) is 0 Å². The number of nitrogens with one attached hydrogen (secondary N) is 1. The maximum absolute atomic E-state index is 11.9. The zero-order valence-electron chi connectivity index (χ0n) is 10.1. The number of aliphatic hydroxyl groups excluding tert-OH is 1. The Kier molecular flexibility index (Phi) is 5.40. The molecular weight excluding hydrogens is 276 g/mol. The van der Waals surface area contributed by atoms with Crippen LogP contribution in [0.3, 0.4) is 0 Å². The summed E-state index contributed by atoms with van der Waals surface area (Å²) >= 11 is 5.72. The normalized spacial score (nSPS) is 13.5. The number of halogens is 1. The Labute approximate surface area is 112 Å². The van der Waals surface area contributed by atoms with Gasteiger partial charge in [0.05, 0.1) is 21.7 Å². The average molecular weight is 293 g/mol. The molecule has 0 aliphatic rings. The molecule has 0 aliphatic carbocycles. The molecule has 0 saturated carbocycles. The fourth-order valence-electron chi connectivity index (χ4n) is 1.38. The van der Waals surface area contributed by atoms with Crippen molar-refractivity contribution in [2.45, 2.75) is 30.8 Å². The number of hydrogen-bond donors (Lipinski definition) is 3. The van der Waals surface area contributed by atoms with Gasteiger partial charge in [-0.25, -0.2) is 13.1 Å². The zero-order chi connectivity index (χ0) is 13.8. The van der Waals surface area contributed by atoms with Crippen LogP contribution in [0.1, 0.15) is 19.8 Å². The van der Waals surface area contributed by atoms with Gasteiger partial charge in [-0.3, -0.25) is 0 Å². The second-order valence-electron chi connectivity index (χ2n) is 4.07. The third kappa shape index (κ3) is 4.45. The first-order valence-electron chi connectivity index (χ1n) is 5.55. The van der Waals surface area contributed by atoms with Gasteiger partial charge in [0, 0.05) is 6.54 Å². The molecule has 1 rings (SSSR count). The zero-order valence-corrected chi connectivity index (χ0v) is 11.6. The largest absolute Gasteiger partial charge is 0.397 e. The van der Waals surface area contributed by atoms with Crippen LogP contribution in [0.25, 0.3) is 0 Å². The van der Waals surface area contributed by atoms with Crippen molar-refractivity contribution in [3.63, 3.8) is 0 Å². The van der Waals surface area contributed by atoms with E-state index >= 15 is 0 Å². The highest BCUT2D eigenvalue weighted by atomic mass is 35.5. The molecule has 0 radical (unpaired) electrons. The predicted molar refractivity (Wildman–Crippen MR) is 72.0 cm³/mol. The van der Waals surface area contributed by atoms with E-state index in [1.54, 1.807) is 6.92 Å². The van der Waals surface area contributed by atoms with E-state index in [0.29, 0.717) is 17.9 Å². The van der Waals surface area contributed by atoms with Crippen molar-refractivity contribution >= 4 is 27.3 Å². The lowest BCUT2D eigenvalue weighted by Crippen LogP contribution is -2.25. The van der Waals surface area contributed by atoms with Crippen molar-refractivity contribution in [2.75, 3.05) is 12.3 Å². The van der Waals surface area contributed by atoms with Crippen LogP contribution in [0.2, 0.25) is 5.02 Å². The van der Waals surface area contributed by atoms with Crippen molar-refractivity contribution in [3.05, 3.63) is 23.2 Å². The van der Waals surface area contributed by atoms with Crippen LogP contribution in [0.5, 0.6) is 0 Å². The number of benzene rings is 1. The molecule has 0 aromatic heterocycles. The number of sulfonamides is 1. The quantitative estimate of drug-likeness (QED) is 0.545. The Morgan fingerprint density at radius 3 is 2.72 bits per heavy atom. The van der Waals surface area contributed by atoms with Gasteiger partial charge in [-0.05, 0) is 38.0 Å². The lowest BCUT2D eigenvalue weighted by Gasteiger charge is -2.08. The fraction of sp³-hybridized carbons (Fsp3) is 0.455. The molecule has 4 N–H and O–H groups in total. The minimum absolute atomic E-state index is 0.0847. The van der Waals surface area contributed by atoms with Gasteiger partial charge in [-0.2, -0.15) is 0 Å². The van der Waals surface area contributed by atoms with Crippen LogP contribution >= 0.6 is 11.6 Å². The lowest BCUT2D eigenvalue weighted by atomic mass is 10.2. The maximum Gasteiger partial charge on any atom is 0.240 e. The van der Waals surface area contributed by atoms with E-state index in [4.69, 9.17) is 22.4 Å². The summed E-state index contributed by atoms with van der Waals surface area (Å²) in [5, 5.41) is 9.38. The SMILES string of the molecule is CC(O)CCCNS(=O)(=O)c1ccc(Cl)c(N)c1. The number of rotatable bonds is 6. The number of anilines is 1. The summed E-state index contributed by atoms with van der Waals surface area (Å²) in [5.41, 5.74) is 5.78. The highest BCUT2D eigenvalue weighted by molar-refractivity contribution is 7.89. The third-order valence-electron chi connectivity index (χ3n) is 2.37. The lowest BCUT2D eigenvalue weighted by molar-refractivity contribution is 0.182. The fourth-order valence-corrected chi connectivity index (χ4v) is 2.60. The standard InChI is InChI=1S/C11H17ClN2O3S/c1-8(15)3-2-6-14-18(16,17)9-4-5-10(12)11(13)7-9/h4-5,7-8,14-15H,2-3,6,13H2,1H3. The Bertz CT molecular complexity index is 503. The Hall–Kier alpha value is -0.820. The number of aliphatic hydroxyl groups is 1. The van der Waals surface area contributed by atoms with Gasteiger partial charge in [0.1, 0.15) is 0 Å². The summed E-state index contributed by atoms with van der Waals surface area (Å²) in [6.07, 6.45) is 0.686. The van der Waals surface area contributed by atoms with E-state index in [0.717, 1.165) is 0 Å². The van der Waals surface area contributed by atoms with Gasteiger partial charge in [-0.1, -0.05) is 11.6 Å². The van der Waals surface area contributed by atoms with Gasteiger partial charge >= 0.3 is 0 Å². The average Bonchev–Trinajstić information content (AvgIpc) is 2.28. The summed E-state index contributed by atoms with van der Waals surface area (Å²) in [4.78, 5) is 0.0847. The molecule has 0 heterocycles. The minimum atomic E-state index is -3.57. The Balaban J connectivity index is 2.66. The van der Waals surface area contributed by atoms with E-state index in [1.165, 1.54) is 18.2 Å². The molecule has 0 spiro atoms. The summed E-state index contributed by atoms with van der Waals surface area (Å²) < 4.78 is 26.2.